The van der Waals surface area contributed by atoms with Crippen LogP contribution in [0.3, 0.4) is 0 Å². The minimum absolute atomic E-state index is 0.374. The predicted octanol–water partition coefficient (Wildman–Crippen LogP) is 4.18. The van der Waals surface area contributed by atoms with E-state index in [1.54, 1.807) is 6.92 Å². The molecule has 0 aromatic rings. The van der Waals surface area contributed by atoms with Gasteiger partial charge in [0.1, 0.15) is 5.78 Å². The van der Waals surface area contributed by atoms with Gasteiger partial charge in [-0.05, 0) is 57.9 Å². The zero-order valence-corrected chi connectivity index (χ0v) is 12.9. The van der Waals surface area contributed by atoms with Gasteiger partial charge in [-0.25, -0.2) is 0 Å². The maximum absolute atomic E-state index is 11.5. The van der Waals surface area contributed by atoms with Crippen LogP contribution in [0.25, 0.3) is 0 Å². The van der Waals surface area contributed by atoms with Crippen LogP contribution in [0.4, 0.5) is 0 Å². The topological polar surface area (TPSA) is 20.3 Å². The monoisotopic (exact) mass is 265 g/mol. The second-order valence-corrected chi connectivity index (χ2v) is 6.73. The van der Waals surface area contributed by atoms with E-state index in [4.69, 9.17) is 0 Å². The van der Waals surface area contributed by atoms with Gasteiger partial charge in [0.05, 0.1) is 0 Å². The van der Waals surface area contributed by atoms with E-state index in [2.05, 4.69) is 11.8 Å². The van der Waals surface area contributed by atoms with Gasteiger partial charge in [-0.3, -0.25) is 9.69 Å². The predicted molar refractivity (Wildman–Crippen MR) is 80.3 cm³/mol. The molecule has 0 N–H and O–H groups in total. The molecule has 1 atom stereocenters. The zero-order chi connectivity index (χ0) is 13.7. The van der Waals surface area contributed by atoms with Crippen LogP contribution in [0, 0.1) is 5.92 Å². The Morgan fingerprint density at radius 1 is 1.05 bits per heavy atom. The molecule has 2 heteroatoms. The second kappa shape index (κ2) is 7.42. The molecule has 1 saturated heterocycles. The smallest absolute Gasteiger partial charge is 0.131 e. The highest BCUT2D eigenvalue weighted by molar-refractivity contribution is 5.76. The minimum atomic E-state index is 0.374. The fourth-order valence-electron chi connectivity index (χ4n) is 4.12. The molecule has 110 valence electrons. The Bertz CT molecular complexity index is 281. The van der Waals surface area contributed by atoms with Crippen LogP contribution in [0.1, 0.15) is 78.1 Å². The number of likely N-dealkylation sites (tertiary alicyclic amines) is 1. The van der Waals surface area contributed by atoms with E-state index in [-0.39, 0.29) is 0 Å². The molecule has 0 spiro atoms. The zero-order valence-electron chi connectivity index (χ0n) is 12.9. The Balaban J connectivity index is 1.95. The summed E-state index contributed by atoms with van der Waals surface area (Å²) < 4.78 is 0. The van der Waals surface area contributed by atoms with Crippen molar-refractivity contribution < 1.29 is 4.79 Å². The summed E-state index contributed by atoms with van der Waals surface area (Å²) in [6.07, 6.45) is 12.9. The fourth-order valence-corrected chi connectivity index (χ4v) is 4.12. The molecule has 19 heavy (non-hydrogen) atoms. The first-order valence-electron chi connectivity index (χ1n) is 8.46. The highest BCUT2D eigenvalue weighted by atomic mass is 16.1. The van der Waals surface area contributed by atoms with Crippen molar-refractivity contribution in [3.8, 4) is 0 Å². The van der Waals surface area contributed by atoms with Crippen LogP contribution in [0.15, 0.2) is 0 Å². The van der Waals surface area contributed by atoms with Gasteiger partial charge in [0.2, 0.25) is 0 Å². The lowest BCUT2D eigenvalue weighted by Gasteiger charge is -2.40. The van der Waals surface area contributed by atoms with Gasteiger partial charge in [-0.1, -0.05) is 26.2 Å². The normalized spacial score (nSPS) is 33.9. The third-order valence-electron chi connectivity index (χ3n) is 5.31. The van der Waals surface area contributed by atoms with E-state index in [1.807, 2.05) is 0 Å². The van der Waals surface area contributed by atoms with Crippen molar-refractivity contribution in [1.82, 2.24) is 4.90 Å². The van der Waals surface area contributed by atoms with Gasteiger partial charge in [0, 0.05) is 18.5 Å². The van der Waals surface area contributed by atoms with Gasteiger partial charge in [0.25, 0.3) is 0 Å². The van der Waals surface area contributed by atoms with Crippen LogP contribution < -0.4 is 0 Å². The van der Waals surface area contributed by atoms with Gasteiger partial charge >= 0.3 is 0 Å². The molecule has 2 fully saturated rings. The highest BCUT2D eigenvalue weighted by Crippen LogP contribution is 2.33. The van der Waals surface area contributed by atoms with Gasteiger partial charge in [-0.2, -0.15) is 0 Å². The SMILES string of the molecule is CCC1CCC(N2CCCCCC2CC(C)=O)CC1. The molecule has 1 aliphatic heterocycles. The number of ketones is 1. The van der Waals surface area contributed by atoms with Gasteiger partial charge in [-0.15, -0.1) is 0 Å². The Hall–Kier alpha value is -0.370. The first kappa shape index (κ1) is 15.0. The molecule has 1 unspecified atom stereocenters. The molecule has 0 bridgehead atoms. The molecule has 0 amide bonds. The summed E-state index contributed by atoms with van der Waals surface area (Å²) in [7, 11) is 0. The molecular formula is C17H31NO. The third-order valence-corrected chi connectivity index (χ3v) is 5.31. The molecule has 0 radical (unpaired) electrons. The number of carbonyl (C=O) groups is 1. The molecule has 0 aromatic heterocycles. The van der Waals surface area contributed by atoms with Crippen molar-refractivity contribution in [3.05, 3.63) is 0 Å². The van der Waals surface area contributed by atoms with Crippen molar-refractivity contribution in [1.29, 1.82) is 0 Å². The largest absolute Gasteiger partial charge is 0.300 e. The van der Waals surface area contributed by atoms with Crippen LogP contribution in [0.5, 0.6) is 0 Å². The lowest BCUT2D eigenvalue weighted by molar-refractivity contribution is -0.118. The summed E-state index contributed by atoms with van der Waals surface area (Å²) in [5.41, 5.74) is 0. The van der Waals surface area contributed by atoms with E-state index in [0.717, 1.165) is 18.4 Å². The lowest BCUT2D eigenvalue weighted by atomic mass is 9.83. The van der Waals surface area contributed by atoms with E-state index >= 15 is 0 Å². The summed E-state index contributed by atoms with van der Waals surface area (Å²) >= 11 is 0. The first-order valence-corrected chi connectivity index (χ1v) is 8.46. The minimum Gasteiger partial charge on any atom is -0.300 e. The van der Waals surface area contributed by atoms with Crippen LogP contribution >= 0.6 is 0 Å². The summed E-state index contributed by atoms with van der Waals surface area (Å²) in [5, 5.41) is 0. The first-order chi connectivity index (χ1) is 9.20. The summed E-state index contributed by atoms with van der Waals surface area (Å²) in [6, 6.07) is 1.31. The average molecular weight is 265 g/mol. The maximum atomic E-state index is 11.5. The van der Waals surface area contributed by atoms with E-state index < -0.39 is 0 Å². The maximum Gasteiger partial charge on any atom is 0.131 e. The van der Waals surface area contributed by atoms with Crippen molar-refractivity contribution in [2.75, 3.05) is 6.54 Å². The second-order valence-electron chi connectivity index (χ2n) is 6.73. The van der Waals surface area contributed by atoms with Crippen molar-refractivity contribution in [3.63, 3.8) is 0 Å². The van der Waals surface area contributed by atoms with Crippen LogP contribution in [0.2, 0.25) is 0 Å². The van der Waals surface area contributed by atoms with E-state index in [1.165, 1.54) is 64.3 Å². The molecule has 1 aliphatic carbocycles. The lowest BCUT2D eigenvalue weighted by Crippen LogP contribution is -2.45. The number of hydrogen-bond donors (Lipinski definition) is 0. The number of carbonyl (C=O) groups excluding carboxylic acids is 1. The van der Waals surface area contributed by atoms with Gasteiger partial charge in [0.15, 0.2) is 0 Å². The summed E-state index contributed by atoms with van der Waals surface area (Å²) in [6.45, 7) is 5.33. The van der Waals surface area contributed by atoms with E-state index in [0.29, 0.717) is 11.8 Å². The van der Waals surface area contributed by atoms with Gasteiger partial charge < -0.3 is 0 Å². The van der Waals surface area contributed by atoms with Crippen LogP contribution in [-0.4, -0.2) is 29.3 Å². The molecule has 2 rings (SSSR count). The third kappa shape index (κ3) is 4.30. The number of rotatable bonds is 4. The average Bonchev–Trinajstić information content (AvgIpc) is 2.64. The summed E-state index contributed by atoms with van der Waals surface area (Å²) in [5.74, 6) is 1.34. The molecule has 1 saturated carbocycles. The van der Waals surface area contributed by atoms with Crippen molar-refractivity contribution >= 4 is 5.78 Å². The molecule has 2 nitrogen and oxygen atoms in total. The number of Topliss-reactive ketones (excluding diaryl/α,β-unsaturated/α-hetero) is 1. The van der Waals surface area contributed by atoms with Crippen molar-refractivity contribution in [2.24, 2.45) is 5.92 Å². The number of nitrogens with zero attached hydrogens (tertiary/aromatic N) is 1. The van der Waals surface area contributed by atoms with Crippen molar-refractivity contribution in [2.45, 2.75) is 90.1 Å². The molecule has 0 aromatic carbocycles. The van der Waals surface area contributed by atoms with Crippen LogP contribution in [-0.2, 0) is 4.79 Å². The fraction of sp³-hybridized carbons (Fsp3) is 0.941. The Labute approximate surface area is 118 Å². The molecule has 1 heterocycles. The number of hydrogen-bond acceptors (Lipinski definition) is 2. The van der Waals surface area contributed by atoms with E-state index in [9.17, 15) is 4.79 Å². The summed E-state index contributed by atoms with van der Waals surface area (Å²) in [4.78, 5) is 14.2. The highest BCUT2D eigenvalue weighted by Gasteiger charge is 2.31. The molecule has 2 aliphatic rings. The standard InChI is InChI=1S/C17H31NO/c1-3-15-8-10-16(11-9-15)18-12-6-4-5-7-17(18)13-14(2)19/h15-17H,3-13H2,1-2H3. The Kier molecular flexibility index (Phi) is 5.87. The Morgan fingerprint density at radius 2 is 1.79 bits per heavy atom. The molecular weight excluding hydrogens is 234 g/mol. The quantitative estimate of drug-likeness (QED) is 0.760. The Morgan fingerprint density at radius 3 is 2.42 bits per heavy atom.